The van der Waals surface area contributed by atoms with Crippen LogP contribution in [0.25, 0.3) is 11.0 Å². The molecule has 4 nitrogen and oxygen atoms in total. The second-order valence-electron chi connectivity index (χ2n) is 4.94. The van der Waals surface area contributed by atoms with E-state index in [4.69, 9.17) is 16.0 Å². The van der Waals surface area contributed by atoms with E-state index < -0.39 is 0 Å². The van der Waals surface area contributed by atoms with Gasteiger partial charge < -0.3 is 15.1 Å². The van der Waals surface area contributed by atoms with Crippen molar-refractivity contribution in [3.8, 4) is 0 Å². The van der Waals surface area contributed by atoms with Crippen molar-refractivity contribution in [2.45, 2.75) is 0 Å². The van der Waals surface area contributed by atoms with Crippen molar-refractivity contribution in [2.24, 2.45) is 0 Å². The fourth-order valence-electron chi connectivity index (χ4n) is 2.31. The van der Waals surface area contributed by atoms with Gasteiger partial charge in [0, 0.05) is 22.6 Å². The molecule has 3 rings (SSSR count). The highest BCUT2D eigenvalue weighted by Gasteiger charge is 2.20. The number of nitrogens with one attached hydrogen (secondary N) is 2. The lowest BCUT2D eigenvalue weighted by atomic mass is 10.2. The maximum atomic E-state index is 12.6. The van der Waals surface area contributed by atoms with Crippen molar-refractivity contribution in [3.05, 3.63) is 72.0 Å². The van der Waals surface area contributed by atoms with Crippen LogP contribution in [0.3, 0.4) is 0 Å². The van der Waals surface area contributed by atoms with Crippen LogP contribution in [0.2, 0.25) is 5.02 Å². The van der Waals surface area contributed by atoms with Gasteiger partial charge in [-0.05, 0) is 30.3 Å². The van der Waals surface area contributed by atoms with Crippen molar-refractivity contribution in [1.29, 1.82) is 0 Å². The predicted molar refractivity (Wildman–Crippen MR) is 94.3 cm³/mol. The molecule has 0 unspecified atom stereocenters. The van der Waals surface area contributed by atoms with Gasteiger partial charge in [-0.25, -0.2) is 0 Å². The number of anilines is 2. The van der Waals surface area contributed by atoms with Gasteiger partial charge in [0.25, 0.3) is 5.91 Å². The summed E-state index contributed by atoms with van der Waals surface area (Å²) in [5.74, 6) is -0.108. The molecule has 0 fully saturated rings. The Morgan fingerprint density at radius 1 is 1.22 bits per heavy atom. The molecule has 0 aliphatic rings. The minimum Gasteiger partial charge on any atom is -0.449 e. The molecule has 0 aliphatic carbocycles. The fraction of sp³-hybridized carbons (Fsp3) is 0.0556. The van der Waals surface area contributed by atoms with Crippen LogP contribution in [0.4, 0.5) is 11.4 Å². The highest BCUT2D eigenvalue weighted by Crippen LogP contribution is 2.31. The van der Waals surface area contributed by atoms with Crippen LogP contribution >= 0.6 is 11.6 Å². The summed E-state index contributed by atoms with van der Waals surface area (Å²) in [4.78, 5) is 12.6. The first-order valence-electron chi connectivity index (χ1n) is 7.12. The number of carbonyl (C=O) groups is 1. The maximum absolute atomic E-state index is 12.6. The SMILES string of the molecule is C=CCNc1c(C(=O)Nc2cccc(Cl)c2)oc2ccccc12. The molecule has 0 radical (unpaired) electrons. The van der Waals surface area contributed by atoms with E-state index in [9.17, 15) is 4.79 Å². The molecule has 1 heterocycles. The molecule has 3 aromatic rings. The maximum Gasteiger partial charge on any atom is 0.293 e. The predicted octanol–water partition coefficient (Wildman–Crippen LogP) is 4.94. The second kappa shape index (κ2) is 6.58. The van der Waals surface area contributed by atoms with E-state index in [1.54, 1.807) is 30.3 Å². The van der Waals surface area contributed by atoms with E-state index in [-0.39, 0.29) is 11.7 Å². The first-order chi connectivity index (χ1) is 11.2. The largest absolute Gasteiger partial charge is 0.449 e. The summed E-state index contributed by atoms with van der Waals surface area (Å²) >= 11 is 5.94. The van der Waals surface area contributed by atoms with Gasteiger partial charge in [0.15, 0.2) is 0 Å². The molecule has 23 heavy (non-hydrogen) atoms. The van der Waals surface area contributed by atoms with Crippen molar-refractivity contribution < 1.29 is 9.21 Å². The third-order valence-corrected chi connectivity index (χ3v) is 3.54. The van der Waals surface area contributed by atoms with E-state index in [1.165, 1.54) is 0 Å². The van der Waals surface area contributed by atoms with Gasteiger partial charge in [-0.3, -0.25) is 4.79 Å². The third kappa shape index (κ3) is 3.22. The molecule has 0 spiro atoms. The van der Waals surface area contributed by atoms with Crippen LogP contribution in [0.5, 0.6) is 0 Å². The topological polar surface area (TPSA) is 54.3 Å². The lowest BCUT2D eigenvalue weighted by Crippen LogP contribution is -2.13. The Hall–Kier alpha value is -2.72. The van der Waals surface area contributed by atoms with Crippen LogP contribution in [-0.4, -0.2) is 12.5 Å². The normalized spacial score (nSPS) is 10.5. The number of hydrogen-bond donors (Lipinski definition) is 2. The van der Waals surface area contributed by atoms with Crippen LogP contribution in [0.15, 0.2) is 65.6 Å². The van der Waals surface area contributed by atoms with Crippen molar-refractivity contribution in [3.63, 3.8) is 0 Å². The molecule has 5 heteroatoms. The molecule has 2 N–H and O–H groups in total. The Morgan fingerprint density at radius 3 is 2.83 bits per heavy atom. The van der Waals surface area contributed by atoms with Crippen LogP contribution in [0, 0.1) is 0 Å². The molecular weight excluding hydrogens is 312 g/mol. The van der Waals surface area contributed by atoms with E-state index in [0.29, 0.717) is 28.5 Å². The molecule has 0 saturated heterocycles. The lowest BCUT2D eigenvalue weighted by molar-refractivity contribution is 0.0999. The zero-order chi connectivity index (χ0) is 16.2. The van der Waals surface area contributed by atoms with Crippen molar-refractivity contribution in [1.82, 2.24) is 0 Å². The summed E-state index contributed by atoms with van der Waals surface area (Å²) in [6, 6.07) is 14.5. The number of halogens is 1. The monoisotopic (exact) mass is 326 g/mol. The third-order valence-electron chi connectivity index (χ3n) is 3.31. The van der Waals surface area contributed by atoms with Gasteiger partial charge in [0.2, 0.25) is 5.76 Å². The summed E-state index contributed by atoms with van der Waals surface area (Å²) in [5.41, 5.74) is 1.91. The Balaban J connectivity index is 1.97. The Labute approximate surface area is 138 Å². The van der Waals surface area contributed by atoms with Gasteiger partial charge in [-0.2, -0.15) is 0 Å². The minimum atomic E-state index is -0.338. The van der Waals surface area contributed by atoms with E-state index in [1.807, 2.05) is 24.3 Å². The molecule has 0 atom stereocenters. The van der Waals surface area contributed by atoms with Crippen LogP contribution < -0.4 is 10.6 Å². The van der Waals surface area contributed by atoms with Crippen LogP contribution in [-0.2, 0) is 0 Å². The van der Waals surface area contributed by atoms with Crippen LogP contribution in [0.1, 0.15) is 10.6 Å². The standard InChI is InChI=1S/C18H15ClN2O2/c1-2-10-20-16-14-8-3-4-9-15(14)23-17(16)18(22)21-13-7-5-6-12(19)11-13/h2-9,11,20H,1,10H2,(H,21,22). The molecule has 1 amide bonds. The van der Waals surface area contributed by atoms with Crippen molar-refractivity contribution in [2.75, 3.05) is 17.2 Å². The first kappa shape index (κ1) is 15.2. The Morgan fingerprint density at radius 2 is 2.04 bits per heavy atom. The smallest absolute Gasteiger partial charge is 0.293 e. The van der Waals surface area contributed by atoms with Gasteiger partial charge in [0.1, 0.15) is 5.58 Å². The number of hydrogen-bond acceptors (Lipinski definition) is 3. The number of carbonyl (C=O) groups excluding carboxylic acids is 1. The number of amides is 1. The summed E-state index contributed by atoms with van der Waals surface area (Å²) < 4.78 is 5.72. The highest BCUT2D eigenvalue weighted by atomic mass is 35.5. The number of benzene rings is 2. The molecule has 116 valence electrons. The Kier molecular flexibility index (Phi) is 4.35. The highest BCUT2D eigenvalue weighted by molar-refractivity contribution is 6.31. The van der Waals surface area contributed by atoms with Gasteiger partial charge in [0.05, 0.1) is 5.69 Å². The molecule has 0 bridgehead atoms. The number of fused-ring (bicyclic) bond motifs is 1. The first-order valence-corrected chi connectivity index (χ1v) is 7.50. The van der Waals surface area contributed by atoms with Crippen molar-refractivity contribution >= 4 is 39.9 Å². The zero-order valence-corrected chi connectivity index (χ0v) is 13.1. The average Bonchev–Trinajstić information content (AvgIpc) is 2.91. The van der Waals surface area contributed by atoms with Gasteiger partial charge >= 0.3 is 0 Å². The average molecular weight is 327 g/mol. The number of rotatable bonds is 5. The van der Waals surface area contributed by atoms with Gasteiger partial charge in [-0.1, -0.05) is 35.9 Å². The summed E-state index contributed by atoms with van der Waals surface area (Å²) in [6.45, 7) is 4.21. The van der Waals surface area contributed by atoms with E-state index in [2.05, 4.69) is 17.2 Å². The number of furan rings is 1. The molecule has 0 saturated carbocycles. The quantitative estimate of drug-likeness (QED) is 0.653. The summed E-state index contributed by atoms with van der Waals surface area (Å²) in [7, 11) is 0. The lowest BCUT2D eigenvalue weighted by Gasteiger charge is -2.06. The van der Waals surface area contributed by atoms with Gasteiger partial charge in [-0.15, -0.1) is 6.58 Å². The van der Waals surface area contributed by atoms with E-state index >= 15 is 0 Å². The fourth-order valence-corrected chi connectivity index (χ4v) is 2.50. The second-order valence-corrected chi connectivity index (χ2v) is 5.37. The summed E-state index contributed by atoms with van der Waals surface area (Å²) in [6.07, 6.45) is 1.72. The summed E-state index contributed by atoms with van der Waals surface area (Å²) in [5, 5.41) is 7.36. The Bertz CT molecular complexity index is 870. The molecular formula is C18H15ClN2O2. The molecule has 0 aliphatic heterocycles. The minimum absolute atomic E-state index is 0.230. The zero-order valence-electron chi connectivity index (χ0n) is 12.3. The molecule has 1 aromatic heterocycles. The number of para-hydroxylation sites is 1. The van der Waals surface area contributed by atoms with E-state index in [0.717, 1.165) is 5.39 Å². The molecule has 2 aromatic carbocycles.